The smallest absolute Gasteiger partial charge is 0.350 e. The molecule has 0 N–H and O–H groups in total. The van der Waals surface area contributed by atoms with E-state index >= 15 is 0 Å². The molecule has 0 aliphatic carbocycles. The summed E-state index contributed by atoms with van der Waals surface area (Å²) >= 11 is 12.8. The molecule has 11 nitrogen and oxygen atoms in total. The van der Waals surface area contributed by atoms with Crippen molar-refractivity contribution in [2.75, 3.05) is 49.2 Å². The van der Waals surface area contributed by atoms with Gasteiger partial charge >= 0.3 is 5.69 Å². The van der Waals surface area contributed by atoms with Crippen molar-refractivity contribution < 1.29 is 14.2 Å². The highest BCUT2D eigenvalue weighted by atomic mass is 35.5. The van der Waals surface area contributed by atoms with Crippen LogP contribution in [0.3, 0.4) is 0 Å². The van der Waals surface area contributed by atoms with Crippen LogP contribution in [0.25, 0.3) is 5.69 Å². The maximum absolute atomic E-state index is 12.8. The first-order chi connectivity index (χ1) is 24.2. The highest BCUT2D eigenvalue weighted by Crippen LogP contribution is 2.40. The molecule has 1 unspecified atom stereocenters. The van der Waals surface area contributed by atoms with Crippen LogP contribution in [-0.2, 0) is 21.8 Å². The van der Waals surface area contributed by atoms with E-state index in [1.54, 1.807) is 34.0 Å². The lowest BCUT2D eigenvalue weighted by Gasteiger charge is -2.37. The van der Waals surface area contributed by atoms with Crippen LogP contribution < -0.4 is 20.2 Å². The summed E-state index contributed by atoms with van der Waals surface area (Å²) in [6.07, 6.45) is 5.84. The number of hydrogen-bond acceptors (Lipinski definition) is 8. The van der Waals surface area contributed by atoms with E-state index in [9.17, 15) is 4.79 Å². The van der Waals surface area contributed by atoms with Gasteiger partial charge in [0.2, 0.25) is 5.79 Å². The third-order valence-corrected chi connectivity index (χ3v) is 10.0. The van der Waals surface area contributed by atoms with Crippen molar-refractivity contribution in [1.29, 1.82) is 0 Å². The highest BCUT2D eigenvalue weighted by molar-refractivity contribution is 6.35. The van der Waals surface area contributed by atoms with Crippen LogP contribution in [0.15, 0.2) is 90.4 Å². The van der Waals surface area contributed by atoms with Crippen molar-refractivity contribution in [3.8, 4) is 11.4 Å². The van der Waals surface area contributed by atoms with Crippen LogP contribution in [0, 0.1) is 6.92 Å². The van der Waals surface area contributed by atoms with E-state index in [2.05, 4.69) is 44.1 Å². The molecule has 3 aromatic carbocycles. The second-order valence-corrected chi connectivity index (χ2v) is 13.7. The van der Waals surface area contributed by atoms with Gasteiger partial charge in [-0.25, -0.2) is 19.0 Å². The maximum Gasteiger partial charge on any atom is 0.350 e. The number of benzene rings is 3. The molecule has 2 aliphatic heterocycles. The summed E-state index contributed by atoms with van der Waals surface area (Å²) in [4.78, 5) is 21.9. The van der Waals surface area contributed by atoms with Crippen molar-refractivity contribution in [3.63, 3.8) is 0 Å². The van der Waals surface area contributed by atoms with Crippen molar-refractivity contribution in [1.82, 2.24) is 23.9 Å². The van der Waals surface area contributed by atoms with Crippen LogP contribution >= 0.6 is 23.2 Å². The maximum atomic E-state index is 12.8. The zero-order valence-corrected chi connectivity index (χ0v) is 29.9. The Morgan fingerprint density at radius 2 is 1.60 bits per heavy atom. The molecule has 2 fully saturated rings. The predicted octanol–water partition coefficient (Wildman–Crippen LogP) is 6.49. The summed E-state index contributed by atoms with van der Waals surface area (Å²) in [7, 11) is 0. The van der Waals surface area contributed by atoms with Crippen molar-refractivity contribution >= 4 is 34.6 Å². The molecule has 2 aliphatic rings. The van der Waals surface area contributed by atoms with Gasteiger partial charge in [-0.05, 0) is 80.9 Å². The normalized spacial score (nSPS) is 20.0. The number of aryl methyl sites for hydroxylation is 1. The zero-order chi connectivity index (χ0) is 34.8. The molecule has 5 aromatic rings. The summed E-state index contributed by atoms with van der Waals surface area (Å²) < 4.78 is 24.1. The molecule has 2 aromatic heterocycles. The minimum absolute atomic E-state index is 0.0658. The number of nitrogens with zero attached hydrogens (tertiary/aromatic N) is 7. The Balaban J connectivity index is 0.929. The molecular formula is C37H41Cl2N7O4. The summed E-state index contributed by atoms with van der Waals surface area (Å²) in [5.41, 5.74) is 4.60. The van der Waals surface area contributed by atoms with E-state index in [1.807, 2.05) is 61.9 Å². The number of imidazole rings is 1. The first kappa shape index (κ1) is 34.2. The lowest BCUT2D eigenvalue weighted by Crippen LogP contribution is -2.46. The number of ether oxygens (including phenoxy) is 3. The van der Waals surface area contributed by atoms with Crippen LogP contribution in [0.4, 0.5) is 11.4 Å². The molecule has 0 amide bonds. The number of aromatic nitrogens is 5. The van der Waals surface area contributed by atoms with Gasteiger partial charge in [0, 0.05) is 54.3 Å². The van der Waals surface area contributed by atoms with Crippen LogP contribution in [0.5, 0.6) is 5.75 Å². The second kappa shape index (κ2) is 14.5. The molecule has 262 valence electrons. The molecule has 2 saturated heterocycles. The number of hydrogen-bond donors (Lipinski definition) is 0. The van der Waals surface area contributed by atoms with Gasteiger partial charge in [-0.1, -0.05) is 36.2 Å². The molecule has 0 spiro atoms. The first-order valence-corrected chi connectivity index (χ1v) is 17.7. The lowest BCUT2D eigenvalue weighted by molar-refractivity contribution is -0.189. The summed E-state index contributed by atoms with van der Waals surface area (Å²) in [6, 6.07) is 21.7. The van der Waals surface area contributed by atoms with E-state index in [-0.39, 0.29) is 17.8 Å². The number of rotatable bonds is 11. The average Bonchev–Trinajstić information content (AvgIpc) is 3.85. The first-order valence-electron chi connectivity index (χ1n) is 17.0. The summed E-state index contributed by atoms with van der Waals surface area (Å²) in [5.74, 6) is -0.342. The lowest BCUT2D eigenvalue weighted by atomic mass is 10.1. The Hall–Kier alpha value is -4.29. The van der Waals surface area contributed by atoms with Gasteiger partial charge in [-0.3, -0.25) is 0 Å². The minimum Gasteiger partial charge on any atom is -0.491 e. The number of halogens is 2. The zero-order valence-electron chi connectivity index (χ0n) is 28.4. The predicted molar refractivity (Wildman–Crippen MR) is 195 cm³/mol. The SMILES string of the molecule is CCC(C)n1ncn(-c2ccc(N3CCN(c4ccc(OC[C@@H]5CO[C@@](Cn6cnc(C)c6)(c6ccc(Cl)cc6Cl)O5)cc4)CC3)cc2)c1=O. The fourth-order valence-corrected chi connectivity index (χ4v) is 7.06. The van der Waals surface area contributed by atoms with Crippen molar-refractivity contribution in [3.05, 3.63) is 117 Å². The topological polar surface area (TPSA) is 91.8 Å². The molecule has 50 heavy (non-hydrogen) atoms. The van der Waals surface area contributed by atoms with E-state index in [1.165, 1.54) is 0 Å². The molecule has 7 rings (SSSR count). The Morgan fingerprint density at radius 1 is 0.940 bits per heavy atom. The van der Waals surface area contributed by atoms with E-state index < -0.39 is 5.79 Å². The van der Waals surface area contributed by atoms with Gasteiger partial charge in [0.25, 0.3) is 0 Å². The number of anilines is 2. The molecule has 0 radical (unpaired) electrons. The number of piperazine rings is 1. The Morgan fingerprint density at radius 3 is 2.22 bits per heavy atom. The largest absolute Gasteiger partial charge is 0.491 e. The molecule has 3 atom stereocenters. The fraction of sp³-hybridized carbons (Fsp3) is 0.378. The van der Waals surface area contributed by atoms with Gasteiger partial charge in [0.05, 0.1) is 41.9 Å². The van der Waals surface area contributed by atoms with Gasteiger partial charge in [-0.2, -0.15) is 5.10 Å². The van der Waals surface area contributed by atoms with E-state index in [0.717, 1.165) is 61.1 Å². The summed E-state index contributed by atoms with van der Waals surface area (Å²) in [6.45, 7) is 10.6. The molecule has 4 heterocycles. The van der Waals surface area contributed by atoms with Gasteiger partial charge in [-0.15, -0.1) is 0 Å². The van der Waals surface area contributed by atoms with Crippen LogP contribution in [0.2, 0.25) is 10.0 Å². The Bertz CT molecular complexity index is 1970. The quantitative estimate of drug-likeness (QED) is 0.153. The van der Waals surface area contributed by atoms with Crippen LogP contribution in [0.1, 0.15) is 37.6 Å². The minimum atomic E-state index is -1.10. The molecule has 13 heteroatoms. The molecular weight excluding hydrogens is 677 g/mol. The average molecular weight is 719 g/mol. The van der Waals surface area contributed by atoms with Gasteiger partial charge < -0.3 is 28.6 Å². The van der Waals surface area contributed by atoms with Crippen molar-refractivity contribution in [2.45, 2.75) is 51.7 Å². The van der Waals surface area contributed by atoms with Gasteiger partial charge in [0.15, 0.2) is 0 Å². The molecule has 0 bridgehead atoms. The van der Waals surface area contributed by atoms with Crippen molar-refractivity contribution in [2.24, 2.45) is 0 Å². The monoisotopic (exact) mass is 717 g/mol. The Kier molecular flexibility index (Phi) is 9.92. The highest BCUT2D eigenvalue weighted by Gasteiger charge is 2.45. The van der Waals surface area contributed by atoms with E-state index in [0.29, 0.717) is 35.4 Å². The van der Waals surface area contributed by atoms with Gasteiger partial charge in [0.1, 0.15) is 24.8 Å². The molecule has 0 saturated carbocycles. The Labute approximate surface area is 301 Å². The van der Waals surface area contributed by atoms with Crippen LogP contribution in [-0.4, -0.2) is 69.4 Å². The third-order valence-electron chi connectivity index (χ3n) is 9.47. The standard InChI is InChI=1S/C37H41Cl2N7O4/c1-4-27(3)46-36(47)45(25-41-46)31-8-6-29(7-9-31)43-15-17-44(18-16-43)30-10-12-32(13-11-30)48-21-33-22-49-37(50-33,23-42-20-26(2)40-24-42)34-14-5-28(38)19-35(34)39/h5-14,19-20,24-25,27,33H,4,15-18,21-23H2,1-3H3/t27?,33-,37-/m1/s1. The summed E-state index contributed by atoms with van der Waals surface area (Å²) in [5, 5.41) is 5.32. The second-order valence-electron chi connectivity index (χ2n) is 12.9. The van der Waals surface area contributed by atoms with E-state index in [4.69, 9.17) is 37.4 Å². The fourth-order valence-electron chi connectivity index (χ4n) is 6.51. The third kappa shape index (κ3) is 7.14.